The maximum absolute atomic E-state index is 12.5. The number of esters is 1. The zero-order valence-corrected chi connectivity index (χ0v) is 22.7. The standard InChI is InChI=1S/C15H29N7O5.HI.Pb/c1-9(23)20-8-12(24)22-10(5-4-6-19-15(16)17)13(25)21-7-11(18-2)14(26)27-3;;/h10-11,18H,4-8H2,1-3H3,(H7,16,17,19,20,21,22,23,24,25);1H;/q;;+2/p-2. The van der Waals surface area contributed by atoms with Gasteiger partial charge in [0.25, 0.3) is 0 Å². The molecule has 0 fully saturated rings. The van der Waals surface area contributed by atoms with Crippen LogP contribution in [-0.4, -0.2) is 95.8 Å². The molecule has 0 aliphatic rings. The molecule has 2 atom stereocenters. The van der Waals surface area contributed by atoms with Crippen molar-refractivity contribution in [3.63, 3.8) is 0 Å². The quantitative estimate of drug-likeness (QED) is 0.0294. The first-order chi connectivity index (χ1) is 13.7. The molecule has 0 rings (SSSR count). The van der Waals surface area contributed by atoms with Crippen LogP contribution in [0.3, 0.4) is 0 Å². The summed E-state index contributed by atoms with van der Waals surface area (Å²) in [6.45, 7) is 1.44. The van der Waals surface area contributed by atoms with E-state index in [2.05, 4.69) is 51.9 Å². The average molecular weight is 721 g/mol. The Morgan fingerprint density at radius 2 is 1.90 bits per heavy atom. The average Bonchev–Trinajstić information content (AvgIpc) is 2.68. The number of ether oxygens (including phenoxy) is 1. The van der Waals surface area contributed by atoms with Gasteiger partial charge >= 0.3 is 157 Å². The van der Waals surface area contributed by atoms with Gasteiger partial charge in [0.2, 0.25) is 0 Å². The second-order valence-electron chi connectivity index (χ2n) is 5.77. The van der Waals surface area contributed by atoms with Crippen LogP contribution in [0.4, 0.5) is 0 Å². The van der Waals surface area contributed by atoms with Gasteiger partial charge in [-0.1, -0.05) is 0 Å². The predicted molar refractivity (Wildman–Crippen MR) is 117 cm³/mol. The summed E-state index contributed by atoms with van der Waals surface area (Å²) in [5, 5.41) is 10.3. The number of aliphatic imine (C=N–C) groups is 1. The molecule has 0 aliphatic carbocycles. The minimum absolute atomic E-state index is 0.00274. The number of nitrogens with one attached hydrogen (secondary N) is 5. The topological polar surface area (TPSA) is 176 Å². The number of guanidine groups is 1. The van der Waals surface area contributed by atoms with E-state index in [4.69, 9.17) is 5.73 Å². The van der Waals surface area contributed by atoms with Gasteiger partial charge in [0.15, 0.2) is 0 Å². The van der Waals surface area contributed by atoms with Gasteiger partial charge in [-0.2, -0.15) is 0 Å². The van der Waals surface area contributed by atoms with E-state index in [0.717, 1.165) is 0 Å². The fourth-order valence-electron chi connectivity index (χ4n) is 2.07. The number of hydrogen-bond acceptors (Lipinski definition) is 7. The van der Waals surface area contributed by atoms with Crippen LogP contribution in [0, 0.1) is 0 Å². The Bertz CT molecular complexity index is 593. The molecule has 0 spiro atoms. The van der Waals surface area contributed by atoms with Crippen molar-refractivity contribution in [2.45, 2.75) is 31.8 Å². The SMILES string of the molecule is CNC(CNC(=O)C(CCCN=C(N)[NH][Pb][I])NC(=O)CNC(C)=O)C(=O)OC. The zero-order chi connectivity index (χ0) is 22.2. The van der Waals surface area contributed by atoms with Crippen LogP contribution in [0.25, 0.3) is 0 Å². The normalized spacial score (nSPS) is 13.0. The van der Waals surface area contributed by atoms with Crippen molar-refractivity contribution < 1.29 is 23.9 Å². The number of carbonyl (C=O) groups is 4. The molecule has 0 bridgehead atoms. The Morgan fingerprint density at radius 1 is 1.21 bits per heavy atom. The first kappa shape index (κ1) is 27.8. The molecule has 7 N–H and O–H groups in total. The van der Waals surface area contributed by atoms with Gasteiger partial charge in [-0.3, -0.25) is 9.59 Å². The fraction of sp³-hybridized carbons (Fsp3) is 0.667. The number of carbonyl (C=O) groups excluding carboxylic acids is 4. The van der Waals surface area contributed by atoms with E-state index in [9.17, 15) is 19.2 Å². The smallest absolute Gasteiger partial charge is 0.468 e. The second-order valence-corrected chi connectivity index (χ2v) is 12.2. The van der Waals surface area contributed by atoms with Crippen LogP contribution >= 0.6 is 17.8 Å². The summed E-state index contributed by atoms with van der Waals surface area (Å²) in [5.41, 5.74) is 5.69. The van der Waals surface area contributed by atoms with Gasteiger partial charge in [0, 0.05) is 6.92 Å². The van der Waals surface area contributed by atoms with Crippen molar-refractivity contribution in [3.05, 3.63) is 0 Å². The van der Waals surface area contributed by atoms with Crippen LogP contribution in [0.5, 0.6) is 0 Å². The third-order valence-electron chi connectivity index (χ3n) is 3.57. The molecule has 0 aromatic carbocycles. The van der Waals surface area contributed by atoms with Crippen molar-refractivity contribution >= 4 is 67.7 Å². The minimum Gasteiger partial charge on any atom is -0.468 e. The summed E-state index contributed by atoms with van der Waals surface area (Å²) in [4.78, 5) is 51.2. The first-order valence-electron chi connectivity index (χ1n) is 8.73. The van der Waals surface area contributed by atoms with Gasteiger partial charge in [-0.05, 0) is 7.05 Å². The summed E-state index contributed by atoms with van der Waals surface area (Å²) in [6.07, 6.45) is 0.811. The first-order valence-corrected chi connectivity index (χ1v) is 21.6. The van der Waals surface area contributed by atoms with E-state index in [0.29, 0.717) is 25.3 Å². The van der Waals surface area contributed by atoms with Gasteiger partial charge < -0.3 is 4.74 Å². The van der Waals surface area contributed by atoms with Crippen LogP contribution in [0.1, 0.15) is 19.8 Å². The molecule has 2 radical (unpaired) electrons. The molecule has 2 unspecified atom stereocenters. The third kappa shape index (κ3) is 13.6. The van der Waals surface area contributed by atoms with Crippen molar-refractivity contribution in [1.82, 2.24) is 24.4 Å². The Balaban J connectivity index is 4.84. The number of amides is 3. The molecule has 0 aromatic rings. The monoisotopic (exact) mass is 721 g/mol. The Kier molecular flexibility index (Phi) is 15.8. The number of nitrogens with two attached hydrogens (primary N) is 1. The van der Waals surface area contributed by atoms with Crippen molar-refractivity contribution in [1.29, 1.82) is 0 Å². The Morgan fingerprint density at radius 3 is 2.45 bits per heavy atom. The summed E-state index contributed by atoms with van der Waals surface area (Å²) >= 11 is 1.36. The van der Waals surface area contributed by atoms with Crippen molar-refractivity contribution in [3.8, 4) is 0 Å². The molecule has 29 heavy (non-hydrogen) atoms. The predicted octanol–water partition coefficient (Wildman–Crippen LogP) is -2.86. The van der Waals surface area contributed by atoms with Crippen molar-refractivity contribution in [2.24, 2.45) is 10.7 Å². The molecule has 0 saturated carbocycles. The van der Waals surface area contributed by atoms with Crippen LogP contribution in [0.15, 0.2) is 4.99 Å². The second kappa shape index (κ2) is 16.5. The van der Waals surface area contributed by atoms with Gasteiger partial charge in [0.1, 0.15) is 0 Å². The van der Waals surface area contributed by atoms with E-state index in [1.165, 1.54) is 14.0 Å². The van der Waals surface area contributed by atoms with E-state index in [1.54, 1.807) is 7.05 Å². The van der Waals surface area contributed by atoms with E-state index in [1.807, 2.05) is 0 Å². The summed E-state index contributed by atoms with van der Waals surface area (Å²) < 4.78 is 7.69. The molecule has 3 amide bonds. The molecule has 14 heteroatoms. The summed E-state index contributed by atoms with van der Waals surface area (Å²) in [6, 6.07) is -1.56. The number of rotatable bonds is 13. The Labute approximate surface area is 191 Å². The van der Waals surface area contributed by atoms with Crippen LogP contribution in [0.2, 0.25) is 0 Å². The maximum atomic E-state index is 12.5. The molecular weight excluding hydrogens is 692 g/mol. The fourth-order valence-corrected chi connectivity index (χ4v) is 5.18. The minimum atomic E-state index is -0.926. The van der Waals surface area contributed by atoms with E-state index < -0.39 is 50.1 Å². The molecule has 164 valence electrons. The molecule has 0 heterocycles. The molecular formula is C15H28IN7O5Pb. The van der Waals surface area contributed by atoms with Gasteiger partial charge in [-0.15, -0.1) is 0 Å². The van der Waals surface area contributed by atoms with Crippen LogP contribution < -0.4 is 30.1 Å². The zero-order valence-electron chi connectivity index (χ0n) is 16.6. The summed E-state index contributed by atoms with van der Waals surface area (Å²) in [5.74, 6) is -1.44. The number of hydrogen-bond donors (Lipinski definition) is 6. The van der Waals surface area contributed by atoms with E-state index in [-0.39, 0.29) is 19.0 Å². The van der Waals surface area contributed by atoms with Gasteiger partial charge in [0.05, 0.1) is 7.11 Å². The number of nitrogens with zero attached hydrogens (tertiary/aromatic N) is 1. The molecule has 0 saturated heterocycles. The van der Waals surface area contributed by atoms with Crippen molar-refractivity contribution in [2.75, 3.05) is 33.8 Å². The molecule has 0 aliphatic heterocycles. The van der Waals surface area contributed by atoms with E-state index >= 15 is 0 Å². The number of methoxy groups -OCH3 is 1. The van der Waals surface area contributed by atoms with Crippen LogP contribution in [-0.2, 0) is 23.9 Å². The molecule has 0 aromatic heterocycles. The Hall–Kier alpha value is -1.24. The molecule has 12 nitrogen and oxygen atoms in total. The third-order valence-corrected chi connectivity index (χ3v) is 7.30. The van der Waals surface area contributed by atoms with Gasteiger partial charge in [-0.25, -0.2) is 0 Å². The number of likely N-dealkylation sites (N-methyl/N-ethyl adjacent to an activating group) is 1. The summed E-state index contributed by atoms with van der Waals surface area (Å²) in [7, 11) is 2.82. The number of halogens is 1.